The highest BCUT2D eigenvalue weighted by molar-refractivity contribution is 7.18. The molecule has 0 aliphatic carbocycles. The monoisotopic (exact) mass is 440 g/mol. The number of carbonyl (C=O) groups is 3. The van der Waals surface area contributed by atoms with Crippen LogP contribution in [0.5, 0.6) is 0 Å². The van der Waals surface area contributed by atoms with Gasteiger partial charge in [0.25, 0.3) is 5.78 Å². The number of aryl methyl sites for hydroxylation is 1. The fourth-order valence-corrected chi connectivity index (χ4v) is 5.10. The lowest BCUT2D eigenvalue weighted by Gasteiger charge is -2.21. The summed E-state index contributed by atoms with van der Waals surface area (Å²) in [6.45, 7) is 1.63. The number of thiazole rings is 1. The lowest BCUT2D eigenvalue weighted by atomic mass is 10.00. The van der Waals surface area contributed by atoms with Crippen LogP contribution in [0.3, 0.4) is 0 Å². The lowest BCUT2D eigenvalue weighted by molar-refractivity contribution is -0.132. The van der Waals surface area contributed by atoms with E-state index in [1.54, 1.807) is 49.4 Å². The van der Waals surface area contributed by atoms with Crippen molar-refractivity contribution in [1.29, 1.82) is 0 Å². The van der Waals surface area contributed by atoms with Gasteiger partial charge in [-0.05, 0) is 18.4 Å². The molecule has 2 aromatic heterocycles. The fraction of sp³-hybridized carbons (Fsp3) is 0.143. The summed E-state index contributed by atoms with van der Waals surface area (Å²) in [6, 6.07) is 11.3. The lowest BCUT2D eigenvalue weighted by Crippen LogP contribution is -2.29. The van der Waals surface area contributed by atoms with Gasteiger partial charge in [0.1, 0.15) is 16.7 Å². The van der Waals surface area contributed by atoms with Crippen molar-refractivity contribution >= 4 is 51.2 Å². The number of aliphatic hydroxyl groups excluding tert-OH is 1. The smallest absolute Gasteiger partial charge is 0.350 e. The number of Topliss-reactive ketones (excluding diaryl/α,β-unsaturated/α-hetero) is 1. The summed E-state index contributed by atoms with van der Waals surface area (Å²) < 4.78 is 4.77. The maximum atomic E-state index is 13.0. The molecule has 1 amide bonds. The quantitative estimate of drug-likeness (QED) is 0.286. The van der Waals surface area contributed by atoms with Crippen LogP contribution in [-0.4, -0.2) is 34.9 Å². The second-order valence-electron chi connectivity index (χ2n) is 6.45. The third-order valence-electron chi connectivity index (χ3n) is 4.67. The van der Waals surface area contributed by atoms with Crippen LogP contribution >= 0.6 is 22.7 Å². The summed E-state index contributed by atoms with van der Waals surface area (Å²) in [4.78, 5) is 44.5. The van der Waals surface area contributed by atoms with Crippen molar-refractivity contribution in [3.05, 3.63) is 74.4 Å². The van der Waals surface area contributed by atoms with Crippen molar-refractivity contribution in [2.45, 2.75) is 13.0 Å². The standard InChI is InChI=1S/C21H16N2O5S2/c1-11-18(20(27)28-2)30-21(22-11)23-15(13-9-6-10-29-13)14(17(25)19(23)26)16(24)12-7-4-3-5-8-12/h3-10,15,24H,1-2H3/t15-/m1/s1. The average Bonchev–Trinajstić information content (AvgIpc) is 3.47. The van der Waals surface area contributed by atoms with Crippen LogP contribution in [0.25, 0.3) is 5.76 Å². The maximum absolute atomic E-state index is 13.0. The molecule has 9 heteroatoms. The second-order valence-corrected chi connectivity index (χ2v) is 8.41. The van der Waals surface area contributed by atoms with Crippen LogP contribution in [-0.2, 0) is 14.3 Å². The topological polar surface area (TPSA) is 96.8 Å². The number of thiophene rings is 1. The first-order valence-corrected chi connectivity index (χ1v) is 10.6. The summed E-state index contributed by atoms with van der Waals surface area (Å²) in [5.74, 6) is -2.43. The molecule has 0 saturated carbocycles. The van der Waals surface area contributed by atoms with Gasteiger partial charge in [-0.3, -0.25) is 14.5 Å². The molecule has 152 valence electrons. The Morgan fingerprint density at radius 2 is 1.90 bits per heavy atom. The van der Waals surface area contributed by atoms with E-state index >= 15 is 0 Å². The fourth-order valence-electron chi connectivity index (χ4n) is 3.26. The predicted molar refractivity (Wildman–Crippen MR) is 114 cm³/mol. The number of aromatic nitrogens is 1. The molecule has 1 aromatic carbocycles. The van der Waals surface area contributed by atoms with E-state index in [2.05, 4.69) is 4.98 Å². The molecule has 1 N–H and O–H groups in total. The largest absolute Gasteiger partial charge is 0.507 e. The molecule has 1 fully saturated rings. The Bertz CT molecular complexity index is 1170. The number of benzene rings is 1. The third-order valence-corrected chi connectivity index (χ3v) is 6.73. The van der Waals surface area contributed by atoms with Crippen LogP contribution in [0.2, 0.25) is 0 Å². The number of rotatable bonds is 4. The van der Waals surface area contributed by atoms with E-state index in [1.807, 2.05) is 5.38 Å². The van der Waals surface area contributed by atoms with Crippen molar-refractivity contribution in [3.8, 4) is 0 Å². The van der Waals surface area contributed by atoms with E-state index in [1.165, 1.54) is 23.3 Å². The van der Waals surface area contributed by atoms with Crippen molar-refractivity contribution < 1.29 is 24.2 Å². The number of nitrogens with zero attached hydrogens (tertiary/aromatic N) is 2. The zero-order chi connectivity index (χ0) is 21.4. The number of esters is 1. The minimum absolute atomic E-state index is 0.0129. The van der Waals surface area contributed by atoms with Gasteiger partial charge in [-0.1, -0.05) is 47.7 Å². The highest BCUT2D eigenvalue weighted by atomic mass is 32.1. The summed E-state index contributed by atoms with van der Waals surface area (Å²) in [6.07, 6.45) is 0. The maximum Gasteiger partial charge on any atom is 0.350 e. The van der Waals surface area contributed by atoms with Gasteiger partial charge in [-0.15, -0.1) is 11.3 Å². The van der Waals surface area contributed by atoms with E-state index in [0.717, 1.165) is 11.3 Å². The Morgan fingerprint density at radius 1 is 1.17 bits per heavy atom. The van der Waals surface area contributed by atoms with Gasteiger partial charge in [0, 0.05) is 10.4 Å². The van der Waals surface area contributed by atoms with E-state index < -0.39 is 23.7 Å². The van der Waals surface area contributed by atoms with E-state index in [-0.39, 0.29) is 21.3 Å². The number of amides is 1. The minimum atomic E-state index is -0.846. The first-order chi connectivity index (χ1) is 14.4. The summed E-state index contributed by atoms with van der Waals surface area (Å²) in [5.41, 5.74) is 0.820. The molecule has 1 atom stereocenters. The molecule has 3 heterocycles. The number of ether oxygens (including phenoxy) is 1. The third kappa shape index (κ3) is 3.21. The first kappa shape index (κ1) is 20.0. The van der Waals surface area contributed by atoms with Crippen LogP contribution in [0.15, 0.2) is 53.4 Å². The van der Waals surface area contributed by atoms with Gasteiger partial charge >= 0.3 is 11.9 Å². The molecule has 4 rings (SSSR count). The normalized spacial score (nSPS) is 18.1. The van der Waals surface area contributed by atoms with Crippen LogP contribution in [0, 0.1) is 6.92 Å². The SMILES string of the molecule is COC(=O)c1sc(N2C(=O)C(=O)C(=C(O)c3ccccc3)[C@H]2c2cccs2)nc1C. The van der Waals surface area contributed by atoms with Crippen LogP contribution in [0.4, 0.5) is 5.13 Å². The number of hydrogen-bond donors (Lipinski definition) is 1. The van der Waals surface area contributed by atoms with Crippen molar-refractivity contribution in [3.63, 3.8) is 0 Å². The molecule has 1 aliphatic rings. The number of anilines is 1. The zero-order valence-electron chi connectivity index (χ0n) is 16.0. The van der Waals surface area contributed by atoms with E-state index in [0.29, 0.717) is 16.1 Å². The predicted octanol–water partition coefficient (Wildman–Crippen LogP) is 3.93. The molecule has 7 nitrogen and oxygen atoms in total. The Morgan fingerprint density at radius 3 is 2.53 bits per heavy atom. The van der Waals surface area contributed by atoms with E-state index in [9.17, 15) is 19.5 Å². The molecular weight excluding hydrogens is 424 g/mol. The Hall–Kier alpha value is -3.30. The van der Waals surface area contributed by atoms with Crippen molar-refractivity contribution in [1.82, 2.24) is 4.98 Å². The minimum Gasteiger partial charge on any atom is -0.507 e. The Labute approximate surface area is 179 Å². The molecule has 30 heavy (non-hydrogen) atoms. The molecule has 0 bridgehead atoms. The Kier molecular flexibility index (Phi) is 5.23. The number of methoxy groups -OCH3 is 1. The van der Waals surface area contributed by atoms with Crippen LogP contribution in [0.1, 0.15) is 31.8 Å². The molecule has 1 saturated heterocycles. The Balaban J connectivity index is 1.90. The average molecular weight is 441 g/mol. The number of aliphatic hydroxyl groups is 1. The number of ketones is 1. The van der Waals surface area contributed by atoms with Gasteiger partial charge in [-0.2, -0.15) is 0 Å². The van der Waals surface area contributed by atoms with Crippen molar-refractivity contribution in [2.24, 2.45) is 0 Å². The van der Waals surface area contributed by atoms with Crippen molar-refractivity contribution in [2.75, 3.05) is 12.0 Å². The molecule has 0 radical (unpaired) electrons. The van der Waals surface area contributed by atoms with E-state index in [4.69, 9.17) is 4.74 Å². The number of carbonyl (C=O) groups excluding carboxylic acids is 3. The highest BCUT2D eigenvalue weighted by Crippen LogP contribution is 2.45. The number of hydrogen-bond acceptors (Lipinski definition) is 8. The molecule has 1 aliphatic heterocycles. The first-order valence-electron chi connectivity index (χ1n) is 8.89. The van der Waals surface area contributed by atoms with Gasteiger partial charge in [0.15, 0.2) is 5.13 Å². The summed E-state index contributed by atoms with van der Waals surface area (Å²) in [7, 11) is 1.26. The molecule has 3 aromatic rings. The molecular formula is C21H16N2O5S2. The highest BCUT2D eigenvalue weighted by Gasteiger charge is 2.48. The molecule has 0 unspecified atom stereocenters. The van der Waals surface area contributed by atoms with Gasteiger partial charge < -0.3 is 9.84 Å². The van der Waals surface area contributed by atoms with Crippen LogP contribution < -0.4 is 4.90 Å². The van der Waals surface area contributed by atoms with Gasteiger partial charge in [-0.25, -0.2) is 9.78 Å². The van der Waals surface area contributed by atoms with Gasteiger partial charge in [0.2, 0.25) is 0 Å². The summed E-state index contributed by atoms with van der Waals surface area (Å²) >= 11 is 2.33. The summed E-state index contributed by atoms with van der Waals surface area (Å²) in [5, 5.41) is 12.9. The molecule has 0 spiro atoms. The zero-order valence-corrected chi connectivity index (χ0v) is 17.6. The van der Waals surface area contributed by atoms with Gasteiger partial charge in [0.05, 0.1) is 18.4 Å². The second kappa shape index (κ2) is 7.85.